The molecule has 5 heteroatoms. The molecular weight excluding hydrogens is 306 g/mol. The van der Waals surface area contributed by atoms with Crippen molar-refractivity contribution in [2.45, 2.75) is 12.5 Å². The third kappa shape index (κ3) is 3.68. The maximum absolute atomic E-state index is 12.2. The van der Waals surface area contributed by atoms with Gasteiger partial charge in [-0.3, -0.25) is 4.79 Å². The number of anilines is 1. The van der Waals surface area contributed by atoms with Crippen molar-refractivity contribution in [3.05, 3.63) is 60.2 Å². The Kier molecular flexibility index (Phi) is 4.57. The number of hydrogen-bond acceptors (Lipinski definition) is 4. The van der Waals surface area contributed by atoms with Crippen LogP contribution >= 0.6 is 11.3 Å². The van der Waals surface area contributed by atoms with Crippen molar-refractivity contribution in [2.24, 2.45) is 0 Å². The van der Waals surface area contributed by atoms with Crippen LogP contribution < -0.4 is 5.32 Å². The molecule has 3 rings (SSSR count). The molecule has 2 aromatic carbocycles. The summed E-state index contributed by atoms with van der Waals surface area (Å²) >= 11 is 1.61. The number of nitrogens with zero attached hydrogens (tertiary/aromatic N) is 2. The molecule has 0 fully saturated rings. The van der Waals surface area contributed by atoms with Gasteiger partial charge in [-0.2, -0.15) is 0 Å². The minimum absolute atomic E-state index is 0.0902. The fourth-order valence-electron chi connectivity index (χ4n) is 2.38. The molecule has 4 nitrogen and oxygen atoms in total. The summed E-state index contributed by atoms with van der Waals surface area (Å²) in [4.78, 5) is 18.4. The van der Waals surface area contributed by atoms with Gasteiger partial charge in [0.25, 0.3) is 0 Å². The second kappa shape index (κ2) is 6.79. The van der Waals surface area contributed by atoms with Crippen LogP contribution in [0.5, 0.6) is 0 Å². The Bertz CT molecular complexity index is 765. The van der Waals surface area contributed by atoms with Gasteiger partial charge in [-0.25, -0.2) is 4.98 Å². The summed E-state index contributed by atoms with van der Waals surface area (Å²) < 4.78 is 1.14. The van der Waals surface area contributed by atoms with Crippen LogP contribution in [0.1, 0.15) is 18.0 Å². The van der Waals surface area contributed by atoms with Crippen LogP contribution in [0, 0.1) is 0 Å². The SMILES string of the molecule is CN(C)C(=O)C[C@H](Nc1nc2ccccc2s1)c1ccccc1. The van der Waals surface area contributed by atoms with Gasteiger partial charge in [0, 0.05) is 14.1 Å². The zero-order chi connectivity index (χ0) is 16.2. The number of fused-ring (bicyclic) bond motifs is 1. The Morgan fingerprint density at radius 3 is 2.52 bits per heavy atom. The van der Waals surface area contributed by atoms with Crippen molar-refractivity contribution in [3.63, 3.8) is 0 Å². The number of nitrogens with one attached hydrogen (secondary N) is 1. The van der Waals surface area contributed by atoms with E-state index in [9.17, 15) is 4.79 Å². The molecule has 0 bridgehead atoms. The molecular formula is C18H19N3OS. The van der Waals surface area contributed by atoms with Crippen LogP contribution in [-0.2, 0) is 4.79 Å². The zero-order valence-corrected chi connectivity index (χ0v) is 14.0. The Balaban J connectivity index is 1.87. The number of carbonyl (C=O) groups excluding carboxylic acids is 1. The highest BCUT2D eigenvalue weighted by Gasteiger charge is 2.18. The van der Waals surface area contributed by atoms with Crippen molar-refractivity contribution in [2.75, 3.05) is 19.4 Å². The molecule has 118 valence electrons. The maximum atomic E-state index is 12.2. The Hall–Kier alpha value is -2.40. The number of carbonyl (C=O) groups is 1. The smallest absolute Gasteiger partial charge is 0.224 e. The van der Waals surface area contributed by atoms with E-state index in [0.717, 1.165) is 20.9 Å². The summed E-state index contributed by atoms with van der Waals surface area (Å²) in [7, 11) is 3.56. The number of hydrogen-bond donors (Lipinski definition) is 1. The van der Waals surface area contributed by atoms with Gasteiger partial charge < -0.3 is 10.2 Å². The number of aromatic nitrogens is 1. The average Bonchev–Trinajstić information content (AvgIpc) is 2.97. The topological polar surface area (TPSA) is 45.2 Å². The van der Waals surface area contributed by atoms with Crippen LogP contribution in [0.3, 0.4) is 0 Å². The predicted octanol–water partition coefficient (Wildman–Crippen LogP) is 3.93. The largest absolute Gasteiger partial charge is 0.354 e. The molecule has 0 radical (unpaired) electrons. The molecule has 0 saturated carbocycles. The Morgan fingerprint density at radius 1 is 1.13 bits per heavy atom. The van der Waals surface area contributed by atoms with E-state index in [1.807, 2.05) is 48.5 Å². The first-order valence-corrected chi connectivity index (χ1v) is 8.32. The molecule has 1 atom stereocenters. The van der Waals surface area contributed by atoms with Crippen molar-refractivity contribution in [1.29, 1.82) is 0 Å². The van der Waals surface area contributed by atoms with Gasteiger partial charge in [0.2, 0.25) is 5.91 Å². The van der Waals surface area contributed by atoms with E-state index in [2.05, 4.69) is 16.4 Å². The minimum Gasteiger partial charge on any atom is -0.354 e. The number of benzene rings is 2. The number of amides is 1. The van der Waals surface area contributed by atoms with Crippen molar-refractivity contribution >= 4 is 32.6 Å². The summed E-state index contributed by atoms with van der Waals surface area (Å²) in [5, 5.41) is 4.27. The lowest BCUT2D eigenvalue weighted by Gasteiger charge is -2.20. The minimum atomic E-state index is -0.0911. The quantitative estimate of drug-likeness (QED) is 0.773. The zero-order valence-electron chi connectivity index (χ0n) is 13.2. The number of rotatable bonds is 5. The van der Waals surface area contributed by atoms with E-state index in [1.54, 1.807) is 30.3 Å². The van der Waals surface area contributed by atoms with Gasteiger partial charge in [0.15, 0.2) is 5.13 Å². The molecule has 0 aliphatic rings. The third-order valence-corrected chi connectivity index (χ3v) is 4.64. The highest BCUT2D eigenvalue weighted by Crippen LogP contribution is 2.30. The van der Waals surface area contributed by atoms with E-state index in [0.29, 0.717) is 6.42 Å². The van der Waals surface area contributed by atoms with Crippen LogP contribution in [0.25, 0.3) is 10.2 Å². The molecule has 0 aliphatic carbocycles. The molecule has 0 aliphatic heterocycles. The summed E-state index contributed by atoms with van der Waals surface area (Å²) in [6.07, 6.45) is 0.396. The summed E-state index contributed by atoms with van der Waals surface area (Å²) in [6.45, 7) is 0. The highest BCUT2D eigenvalue weighted by molar-refractivity contribution is 7.22. The molecule has 0 unspecified atom stereocenters. The average molecular weight is 325 g/mol. The number of para-hydroxylation sites is 1. The lowest BCUT2D eigenvalue weighted by Crippen LogP contribution is -2.26. The van der Waals surface area contributed by atoms with Gasteiger partial charge in [-0.1, -0.05) is 53.8 Å². The van der Waals surface area contributed by atoms with E-state index >= 15 is 0 Å². The normalized spacial score (nSPS) is 12.1. The van der Waals surface area contributed by atoms with Crippen LogP contribution in [0.4, 0.5) is 5.13 Å². The standard InChI is InChI=1S/C18H19N3OS/c1-21(2)17(22)12-15(13-8-4-3-5-9-13)20-18-19-14-10-6-7-11-16(14)23-18/h3-11,15H,12H2,1-2H3,(H,19,20)/t15-/m0/s1. The molecule has 1 amide bonds. The summed E-state index contributed by atoms with van der Waals surface area (Å²) in [5.74, 6) is 0.0902. The van der Waals surface area contributed by atoms with E-state index in [4.69, 9.17) is 0 Å². The monoisotopic (exact) mass is 325 g/mol. The first-order chi connectivity index (χ1) is 11.1. The van der Waals surface area contributed by atoms with Crippen molar-refractivity contribution in [3.8, 4) is 0 Å². The van der Waals surface area contributed by atoms with Crippen molar-refractivity contribution in [1.82, 2.24) is 9.88 Å². The lowest BCUT2D eigenvalue weighted by molar-refractivity contribution is -0.128. The molecule has 0 spiro atoms. The van der Waals surface area contributed by atoms with E-state index in [-0.39, 0.29) is 11.9 Å². The van der Waals surface area contributed by atoms with Gasteiger partial charge in [0.1, 0.15) is 0 Å². The van der Waals surface area contributed by atoms with E-state index < -0.39 is 0 Å². The number of thiazole rings is 1. The molecule has 1 aromatic heterocycles. The molecule has 0 saturated heterocycles. The lowest BCUT2D eigenvalue weighted by atomic mass is 10.0. The van der Waals surface area contributed by atoms with Crippen molar-refractivity contribution < 1.29 is 4.79 Å². The Labute approximate surface area is 139 Å². The highest BCUT2D eigenvalue weighted by atomic mass is 32.1. The molecule has 1 N–H and O–H groups in total. The van der Waals surface area contributed by atoms with Gasteiger partial charge in [-0.05, 0) is 17.7 Å². The Morgan fingerprint density at radius 2 is 1.83 bits per heavy atom. The fourth-order valence-corrected chi connectivity index (χ4v) is 3.30. The second-order valence-corrected chi connectivity index (χ2v) is 6.62. The molecule has 1 heterocycles. The second-order valence-electron chi connectivity index (χ2n) is 5.59. The van der Waals surface area contributed by atoms with Crippen LogP contribution in [0.15, 0.2) is 54.6 Å². The first kappa shape index (κ1) is 15.5. The van der Waals surface area contributed by atoms with Crippen LogP contribution in [-0.4, -0.2) is 29.9 Å². The third-order valence-electron chi connectivity index (χ3n) is 3.67. The maximum Gasteiger partial charge on any atom is 0.224 e. The van der Waals surface area contributed by atoms with Gasteiger partial charge in [-0.15, -0.1) is 0 Å². The summed E-state index contributed by atoms with van der Waals surface area (Å²) in [6, 6.07) is 18.0. The van der Waals surface area contributed by atoms with Gasteiger partial charge >= 0.3 is 0 Å². The molecule has 3 aromatic rings. The first-order valence-electron chi connectivity index (χ1n) is 7.50. The van der Waals surface area contributed by atoms with Crippen LogP contribution in [0.2, 0.25) is 0 Å². The van der Waals surface area contributed by atoms with Gasteiger partial charge in [0.05, 0.1) is 22.7 Å². The predicted molar refractivity (Wildman–Crippen MR) is 95.7 cm³/mol. The molecule has 23 heavy (non-hydrogen) atoms. The summed E-state index contributed by atoms with van der Waals surface area (Å²) in [5.41, 5.74) is 2.06. The fraction of sp³-hybridized carbons (Fsp3) is 0.222. The van der Waals surface area contributed by atoms with E-state index in [1.165, 1.54) is 0 Å².